The Morgan fingerprint density at radius 2 is 1.80 bits per heavy atom. The molecular formula is C18H22FN. The lowest BCUT2D eigenvalue weighted by molar-refractivity contribution is 0.621. The first kappa shape index (κ1) is 14.7. The molecule has 106 valence electrons. The molecule has 2 aromatic rings. The first-order chi connectivity index (χ1) is 9.65. The normalized spacial score (nSPS) is 12.4. The van der Waals surface area contributed by atoms with Crippen molar-refractivity contribution < 1.29 is 4.39 Å². The molecule has 0 bridgehead atoms. The quantitative estimate of drug-likeness (QED) is 0.874. The number of halogens is 1. The van der Waals surface area contributed by atoms with Gasteiger partial charge in [-0.15, -0.1) is 0 Å². The number of hydrogen-bond acceptors (Lipinski definition) is 1. The molecule has 0 heterocycles. The number of benzene rings is 2. The fraction of sp³-hybridized carbons (Fsp3) is 0.333. The van der Waals surface area contributed by atoms with Crippen molar-refractivity contribution in [3.63, 3.8) is 0 Å². The fourth-order valence-electron chi connectivity index (χ4n) is 2.78. The van der Waals surface area contributed by atoms with E-state index in [2.05, 4.69) is 31.2 Å². The van der Waals surface area contributed by atoms with E-state index in [-0.39, 0.29) is 11.7 Å². The predicted octanol–water partition coefficient (Wildman–Crippen LogP) is 3.98. The molecule has 1 unspecified atom stereocenters. The summed E-state index contributed by atoms with van der Waals surface area (Å²) in [6.45, 7) is 4.69. The van der Waals surface area contributed by atoms with Gasteiger partial charge in [0.1, 0.15) is 5.82 Å². The summed E-state index contributed by atoms with van der Waals surface area (Å²) in [5.41, 5.74) is 10.8. The highest BCUT2D eigenvalue weighted by Crippen LogP contribution is 2.25. The van der Waals surface area contributed by atoms with Crippen molar-refractivity contribution in [3.05, 3.63) is 70.5 Å². The average Bonchev–Trinajstić information content (AvgIpc) is 2.46. The molecule has 0 aliphatic carbocycles. The van der Waals surface area contributed by atoms with Crippen LogP contribution in [-0.4, -0.2) is 6.54 Å². The molecule has 0 radical (unpaired) electrons. The Labute approximate surface area is 120 Å². The van der Waals surface area contributed by atoms with Gasteiger partial charge >= 0.3 is 0 Å². The minimum Gasteiger partial charge on any atom is -0.330 e. The molecule has 0 aromatic heterocycles. The summed E-state index contributed by atoms with van der Waals surface area (Å²) in [6, 6.07) is 13.5. The van der Waals surface area contributed by atoms with Gasteiger partial charge in [0.05, 0.1) is 0 Å². The van der Waals surface area contributed by atoms with Gasteiger partial charge in [-0.25, -0.2) is 4.39 Å². The van der Waals surface area contributed by atoms with Crippen molar-refractivity contribution in [2.75, 3.05) is 6.54 Å². The summed E-state index contributed by atoms with van der Waals surface area (Å²) < 4.78 is 13.2. The van der Waals surface area contributed by atoms with Crippen molar-refractivity contribution in [2.45, 2.75) is 32.6 Å². The number of aryl methyl sites for hydroxylation is 2. The van der Waals surface area contributed by atoms with Crippen molar-refractivity contribution in [2.24, 2.45) is 5.73 Å². The molecule has 0 saturated carbocycles. The lowest BCUT2D eigenvalue weighted by Crippen LogP contribution is -2.17. The zero-order valence-corrected chi connectivity index (χ0v) is 12.2. The summed E-state index contributed by atoms with van der Waals surface area (Å²) in [4.78, 5) is 0. The second-order valence-electron chi connectivity index (χ2n) is 5.26. The Bertz CT molecular complexity index is 577. The molecule has 2 aromatic carbocycles. The molecule has 0 spiro atoms. The fourth-order valence-corrected chi connectivity index (χ4v) is 2.78. The van der Waals surface area contributed by atoms with E-state index < -0.39 is 0 Å². The lowest BCUT2D eigenvalue weighted by atomic mass is 9.87. The maximum atomic E-state index is 13.2. The van der Waals surface area contributed by atoms with Crippen molar-refractivity contribution in [3.8, 4) is 0 Å². The average molecular weight is 271 g/mol. The Kier molecular flexibility index (Phi) is 4.91. The van der Waals surface area contributed by atoms with E-state index in [1.807, 2.05) is 13.0 Å². The molecule has 0 aliphatic heterocycles. The van der Waals surface area contributed by atoms with Crippen molar-refractivity contribution in [1.82, 2.24) is 0 Å². The third-order valence-corrected chi connectivity index (χ3v) is 3.92. The minimum atomic E-state index is -0.184. The van der Waals surface area contributed by atoms with Gasteiger partial charge in [-0.2, -0.15) is 0 Å². The summed E-state index contributed by atoms with van der Waals surface area (Å²) >= 11 is 0. The number of nitrogens with two attached hydrogens (primary N) is 1. The zero-order chi connectivity index (χ0) is 14.5. The smallest absolute Gasteiger partial charge is 0.123 e. The van der Waals surface area contributed by atoms with Gasteiger partial charge in [0.25, 0.3) is 0 Å². The van der Waals surface area contributed by atoms with Crippen LogP contribution in [0.3, 0.4) is 0 Å². The topological polar surface area (TPSA) is 26.0 Å². The van der Waals surface area contributed by atoms with Crippen LogP contribution in [0.25, 0.3) is 0 Å². The van der Waals surface area contributed by atoms with Crippen molar-refractivity contribution in [1.29, 1.82) is 0 Å². The highest BCUT2D eigenvalue weighted by molar-refractivity contribution is 5.34. The van der Waals surface area contributed by atoms with Crippen LogP contribution in [0.15, 0.2) is 42.5 Å². The monoisotopic (exact) mass is 271 g/mol. The summed E-state index contributed by atoms with van der Waals surface area (Å²) in [5.74, 6) is 0.0549. The highest BCUT2D eigenvalue weighted by Gasteiger charge is 2.15. The van der Waals surface area contributed by atoms with Crippen LogP contribution >= 0.6 is 0 Å². The van der Waals surface area contributed by atoms with Gasteiger partial charge < -0.3 is 5.73 Å². The SMILES string of the molecule is CCc1ccccc1CC(CN)c1ccc(F)cc1C. The van der Waals surface area contributed by atoms with Crippen LogP contribution in [0.1, 0.15) is 35.1 Å². The van der Waals surface area contributed by atoms with Crippen LogP contribution in [0.5, 0.6) is 0 Å². The number of rotatable bonds is 5. The maximum Gasteiger partial charge on any atom is 0.123 e. The second kappa shape index (κ2) is 6.67. The second-order valence-corrected chi connectivity index (χ2v) is 5.26. The third-order valence-electron chi connectivity index (χ3n) is 3.92. The van der Waals surface area contributed by atoms with E-state index in [1.54, 1.807) is 6.07 Å². The van der Waals surface area contributed by atoms with Gasteiger partial charge in [0.15, 0.2) is 0 Å². The summed E-state index contributed by atoms with van der Waals surface area (Å²) in [7, 11) is 0. The van der Waals surface area contributed by atoms with Crippen LogP contribution < -0.4 is 5.73 Å². The van der Waals surface area contributed by atoms with E-state index in [1.165, 1.54) is 17.2 Å². The molecule has 0 amide bonds. The Hall–Kier alpha value is -1.67. The van der Waals surface area contributed by atoms with E-state index in [0.717, 1.165) is 24.0 Å². The van der Waals surface area contributed by atoms with Gasteiger partial charge in [-0.1, -0.05) is 37.3 Å². The number of hydrogen-bond donors (Lipinski definition) is 1. The van der Waals surface area contributed by atoms with E-state index in [0.29, 0.717) is 6.54 Å². The summed E-state index contributed by atoms with van der Waals surface area (Å²) in [6.07, 6.45) is 1.93. The van der Waals surface area contributed by atoms with Crippen LogP contribution in [-0.2, 0) is 12.8 Å². The summed E-state index contributed by atoms with van der Waals surface area (Å²) in [5, 5.41) is 0. The largest absolute Gasteiger partial charge is 0.330 e. The van der Waals surface area contributed by atoms with Gasteiger partial charge in [0, 0.05) is 5.92 Å². The zero-order valence-electron chi connectivity index (χ0n) is 12.2. The molecule has 0 fully saturated rings. The predicted molar refractivity (Wildman–Crippen MR) is 82.5 cm³/mol. The first-order valence-electron chi connectivity index (χ1n) is 7.18. The molecule has 0 saturated heterocycles. The van der Waals surface area contributed by atoms with Crippen LogP contribution in [0.2, 0.25) is 0 Å². The van der Waals surface area contributed by atoms with Gasteiger partial charge in [0.2, 0.25) is 0 Å². The van der Waals surface area contributed by atoms with Crippen LogP contribution in [0, 0.1) is 12.7 Å². The lowest BCUT2D eigenvalue weighted by Gasteiger charge is -2.19. The third kappa shape index (κ3) is 3.26. The molecule has 2 rings (SSSR count). The highest BCUT2D eigenvalue weighted by atomic mass is 19.1. The maximum absolute atomic E-state index is 13.2. The molecular weight excluding hydrogens is 249 g/mol. The van der Waals surface area contributed by atoms with Crippen molar-refractivity contribution >= 4 is 0 Å². The molecule has 1 nitrogen and oxygen atoms in total. The molecule has 20 heavy (non-hydrogen) atoms. The Morgan fingerprint density at radius 1 is 1.10 bits per heavy atom. The molecule has 2 heteroatoms. The van der Waals surface area contributed by atoms with E-state index in [4.69, 9.17) is 5.73 Å². The minimum absolute atomic E-state index is 0.184. The van der Waals surface area contributed by atoms with Gasteiger partial charge in [-0.3, -0.25) is 0 Å². The molecule has 1 atom stereocenters. The molecule has 2 N–H and O–H groups in total. The van der Waals surface area contributed by atoms with Crippen LogP contribution in [0.4, 0.5) is 4.39 Å². The van der Waals surface area contributed by atoms with E-state index >= 15 is 0 Å². The Balaban J connectivity index is 2.29. The standard InChI is InChI=1S/C18H22FN/c1-3-14-6-4-5-7-15(14)11-16(12-20)18-9-8-17(19)10-13(18)2/h4-10,16H,3,11-12,20H2,1-2H3. The van der Waals surface area contributed by atoms with Gasteiger partial charge in [-0.05, 0) is 60.7 Å². The Morgan fingerprint density at radius 3 is 2.40 bits per heavy atom. The first-order valence-corrected chi connectivity index (χ1v) is 7.18. The van der Waals surface area contributed by atoms with E-state index in [9.17, 15) is 4.39 Å². The molecule has 0 aliphatic rings.